The van der Waals surface area contributed by atoms with Gasteiger partial charge in [0.15, 0.2) is 5.82 Å². The SMILES string of the molecule is CCCNc1cc(OC)nc(-c2ccccc2)n1. The fourth-order valence-electron chi connectivity index (χ4n) is 1.59. The number of hydrogen-bond acceptors (Lipinski definition) is 4. The third-order valence-corrected chi connectivity index (χ3v) is 2.50. The molecule has 0 aliphatic heterocycles. The lowest BCUT2D eigenvalue weighted by atomic mass is 10.2. The lowest BCUT2D eigenvalue weighted by Gasteiger charge is -2.08. The van der Waals surface area contributed by atoms with Crippen LogP contribution in [0, 0.1) is 0 Å². The van der Waals surface area contributed by atoms with Gasteiger partial charge >= 0.3 is 0 Å². The van der Waals surface area contributed by atoms with E-state index in [0.29, 0.717) is 11.7 Å². The zero-order chi connectivity index (χ0) is 12.8. The molecule has 18 heavy (non-hydrogen) atoms. The zero-order valence-electron chi connectivity index (χ0n) is 10.7. The smallest absolute Gasteiger partial charge is 0.218 e. The van der Waals surface area contributed by atoms with E-state index in [4.69, 9.17) is 4.74 Å². The Balaban J connectivity index is 2.35. The van der Waals surface area contributed by atoms with E-state index in [1.807, 2.05) is 36.4 Å². The predicted octanol–water partition coefficient (Wildman–Crippen LogP) is 2.97. The van der Waals surface area contributed by atoms with Crippen molar-refractivity contribution in [1.29, 1.82) is 0 Å². The van der Waals surface area contributed by atoms with Gasteiger partial charge in [-0.3, -0.25) is 0 Å². The molecule has 0 saturated carbocycles. The molecular weight excluding hydrogens is 226 g/mol. The Kier molecular flexibility index (Phi) is 4.12. The molecule has 4 nitrogen and oxygen atoms in total. The van der Waals surface area contributed by atoms with Gasteiger partial charge in [0.1, 0.15) is 5.82 Å². The molecule has 0 aliphatic rings. The van der Waals surface area contributed by atoms with E-state index >= 15 is 0 Å². The summed E-state index contributed by atoms with van der Waals surface area (Å²) in [4.78, 5) is 8.84. The van der Waals surface area contributed by atoms with Gasteiger partial charge in [0.2, 0.25) is 5.88 Å². The molecule has 0 bridgehead atoms. The molecule has 0 unspecified atom stereocenters. The number of ether oxygens (including phenoxy) is 1. The summed E-state index contributed by atoms with van der Waals surface area (Å²) in [6.07, 6.45) is 1.05. The van der Waals surface area contributed by atoms with Crippen LogP contribution in [0.2, 0.25) is 0 Å². The predicted molar refractivity (Wildman–Crippen MR) is 72.8 cm³/mol. The fraction of sp³-hybridized carbons (Fsp3) is 0.286. The first-order valence-corrected chi connectivity index (χ1v) is 6.06. The van der Waals surface area contributed by atoms with Crippen LogP contribution in [-0.2, 0) is 0 Å². The van der Waals surface area contributed by atoms with Crippen molar-refractivity contribution in [3.63, 3.8) is 0 Å². The van der Waals surface area contributed by atoms with E-state index in [-0.39, 0.29) is 0 Å². The summed E-state index contributed by atoms with van der Waals surface area (Å²) in [6, 6.07) is 11.7. The van der Waals surface area contributed by atoms with Crippen LogP contribution < -0.4 is 10.1 Å². The minimum Gasteiger partial charge on any atom is -0.481 e. The molecule has 2 rings (SSSR count). The van der Waals surface area contributed by atoms with E-state index in [1.54, 1.807) is 7.11 Å². The summed E-state index contributed by atoms with van der Waals surface area (Å²) < 4.78 is 5.21. The van der Waals surface area contributed by atoms with Crippen molar-refractivity contribution in [3.8, 4) is 17.3 Å². The van der Waals surface area contributed by atoms with Crippen LogP contribution in [0.25, 0.3) is 11.4 Å². The Labute approximate surface area is 107 Å². The van der Waals surface area contributed by atoms with Crippen molar-refractivity contribution >= 4 is 5.82 Å². The Morgan fingerprint density at radius 2 is 1.94 bits per heavy atom. The van der Waals surface area contributed by atoms with E-state index in [9.17, 15) is 0 Å². The molecule has 0 aliphatic carbocycles. The maximum Gasteiger partial charge on any atom is 0.218 e. The minimum atomic E-state index is 0.572. The van der Waals surface area contributed by atoms with Crippen LogP contribution in [0.15, 0.2) is 36.4 Å². The molecule has 0 radical (unpaired) electrons. The van der Waals surface area contributed by atoms with Crippen molar-refractivity contribution in [2.45, 2.75) is 13.3 Å². The summed E-state index contributed by atoms with van der Waals surface area (Å²) in [7, 11) is 1.61. The molecule has 0 saturated heterocycles. The Bertz CT molecular complexity index is 500. The molecule has 1 aromatic carbocycles. The highest BCUT2D eigenvalue weighted by molar-refractivity contribution is 5.58. The van der Waals surface area contributed by atoms with Gasteiger partial charge in [-0.05, 0) is 6.42 Å². The Hall–Kier alpha value is -2.10. The molecule has 0 fully saturated rings. The van der Waals surface area contributed by atoms with Gasteiger partial charge in [0.05, 0.1) is 7.11 Å². The summed E-state index contributed by atoms with van der Waals surface area (Å²) in [5.41, 5.74) is 0.982. The Morgan fingerprint density at radius 1 is 1.17 bits per heavy atom. The number of nitrogens with one attached hydrogen (secondary N) is 1. The fourth-order valence-corrected chi connectivity index (χ4v) is 1.59. The monoisotopic (exact) mass is 243 g/mol. The van der Waals surface area contributed by atoms with E-state index in [0.717, 1.165) is 24.3 Å². The van der Waals surface area contributed by atoms with Crippen LogP contribution in [0.1, 0.15) is 13.3 Å². The van der Waals surface area contributed by atoms with Gasteiger partial charge in [0, 0.05) is 18.2 Å². The number of hydrogen-bond donors (Lipinski definition) is 1. The first-order valence-electron chi connectivity index (χ1n) is 6.06. The quantitative estimate of drug-likeness (QED) is 0.877. The molecule has 2 aromatic rings. The van der Waals surface area contributed by atoms with Crippen LogP contribution in [0.4, 0.5) is 5.82 Å². The number of anilines is 1. The minimum absolute atomic E-state index is 0.572. The molecule has 0 amide bonds. The second-order valence-corrected chi connectivity index (χ2v) is 3.91. The normalized spacial score (nSPS) is 10.1. The Morgan fingerprint density at radius 3 is 2.61 bits per heavy atom. The molecule has 4 heteroatoms. The van der Waals surface area contributed by atoms with E-state index < -0.39 is 0 Å². The standard InChI is InChI=1S/C14H17N3O/c1-3-9-15-12-10-13(18-2)17-14(16-12)11-7-5-4-6-8-11/h4-8,10H,3,9H2,1-2H3,(H,15,16,17). The first kappa shape index (κ1) is 12.4. The molecule has 0 spiro atoms. The highest BCUT2D eigenvalue weighted by Crippen LogP contribution is 2.20. The van der Waals surface area contributed by atoms with Crippen LogP contribution in [0.3, 0.4) is 0 Å². The zero-order valence-corrected chi connectivity index (χ0v) is 10.7. The number of methoxy groups -OCH3 is 1. The highest BCUT2D eigenvalue weighted by atomic mass is 16.5. The van der Waals surface area contributed by atoms with Gasteiger partial charge in [-0.15, -0.1) is 0 Å². The summed E-state index contributed by atoms with van der Waals surface area (Å²) in [5, 5.41) is 3.25. The summed E-state index contributed by atoms with van der Waals surface area (Å²) >= 11 is 0. The van der Waals surface area contributed by atoms with Crippen molar-refractivity contribution in [2.24, 2.45) is 0 Å². The van der Waals surface area contributed by atoms with Crippen molar-refractivity contribution in [3.05, 3.63) is 36.4 Å². The average molecular weight is 243 g/mol. The summed E-state index contributed by atoms with van der Waals surface area (Å²) in [5.74, 6) is 2.04. The number of rotatable bonds is 5. The van der Waals surface area contributed by atoms with Crippen molar-refractivity contribution in [2.75, 3.05) is 19.0 Å². The highest BCUT2D eigenvalue weighted by Gasteiger charge is 2.06. The molecule has 0 atom stereocenters. The van der Waals surface area contributed by atoms with Crippen LogP contribution >= 0.6 is 0 Å². The lowest BCUT2D eigenvalue weighted by Crippen LogP contribution is -2.04. The van der Waals surface area contributed by atoms with E-state index in [2.05, 4.69) is 22.2 Å². The third kappa shape index (κ3) is 2.97. The van der Waals surface area contributed by atoms with Crippen LogP contribution in [-0.4, -0.2) is 23.6 Å². The first-order chi connectivity index (χ1) is 8.83. The van der Waals surface area contributed by atoms with Gasteiger partial charge < -0.3 is 10.1 Å². The summed E-state index contributed by atoms with van der Waals surface area (Å²) in [6.45, 7) is 3.00. The van der Waals surface area contributed by atoms with Crippen molar-refractivity contribution < 1.29 is 4.74 Å². The maximum atomic E-state index is 5.21. The molecule has 1 N–H and O–H groups in total. The van der Waals surface area contributed by atoms with Gasteiger partial charge in [0.25, 0.3) is 0 Å². The lowest BCUT2D eigenvalue weighted by molar-refractivity contribution is 0.398. The van der Waals surface area contributed by atoms with E-state index in [1.165, 1.54) is 0 Å². The molecule has 94 valence electrons. The third-order valence-electron chi connectivity index (χ3n) is 2.50. The molecular formula is C14H17N3O. The second kappa shape index (κ2) is 6.00. The maximum absolute atomic E-state index is 5.21. The van der Waals surface area contributed by atoms with Gasteiger partial charge in [-0.2, -0.15) is 4.98 Å². The number of benzene rings is 1. The average Bonchev–Trinajstić information content (AvgIpc) is 2.45. The van der Waals surface area contributed by atoms with Gasteiger partial charge in [-0.25, -0.2) is 4.98 Å². The van der Waals surface area contributed by atoms with Crippen molar-refractivity contribution in [1.82, 2.24) is 9.97 Å². The number of nitrogens with zero attached hydrogens (tertiary/aromatic N) is 2. The largest absolute Gasteiger partial charge is 0.481 e. The van der Waals surface area contributed by atoms with Crippen LogP contribution in [0.5, 0.6) is 5.88 Å². The number of aromatic nitrogens is 2. The van der Waals surface area contributed by atoms with Gasteiger partial charge in [-0.1, -0.05) is 37.3 Å². The topological polar surface area (TPSA) is 47.0 Å². The molecule has 1 heterocycles. The molecule has 1 aromatic heterocycles. The second-order valence-electron chi connectivity index (χ2n) is 3.91.